The number of rotatable bonds is 4. The van der Waals surface area contributed by atoms with Crippen LogP contribution in [0.25, 0.3) is 0 Å². The van der Waals surface area contributed by atoms with E-state index in [4.69, 9.17) is 5.73 Å². The van der Waals surface area contributed by atoms with Crippen LogP contribution in [0.5, 0.6) is 0 Å². The number of nitrogens with two attached hydrogens (primary N) is 1. The maximum Gasteiger partial charge on any atom is 0.416 e. The van der Waals surface area contributed by atoms with Crippen molar-refractivity contribution in [3.8, 4) is 0 Å². The predicted octanol–water partition coefficient (Wildman–Crippen LogP) is 4.38. The van der Waals surface area contributed by atoms with E-state index in [2.05, 4.69) is 0 Å². The maximum absolute atomic E-state index is 12.4. The molecule has 0 aromatic heterocycles. The number of alkyl halides is 3. The van der Waals surface area contributed by atoms with Crippen LogP contribution in [0.1, 0.15) is 42.9 Å². The maximum atomic E-state index is 12.4. The third-order valence-electron chi connectivity index (χ3n) is 3.48. The van der Waals surface area contributed by atoms with E-state index in [0.717, 1.165) is 23.4 Å². The Morgan fingerprint density at radius 2 is 1.74 bits per heavy atom. The molecule has 1 unspecified atom stereocenters. The summed E-state index contributed by atoms with van der Waals surface area (Å²) in [7, 11) is 0. The molecule has 1 nitrogen and oxygen atoms in total. The first-order valence-electron chi connectivity index (χ1n) is 6.51. The molecule has 2 rings (SSSR count). The molecule has 1 aliphatic carbocycles. The second kappa shape index (κ2) is 6.18. The fourth-order valence-corrected chi connectivity index (χ4v) is 3.65. The lowest BCUT2D eigenvalue weighted by atomic mass is 10.1. The predicted molar refractivity (Wildman–Crippen MR) is 73.1 cm³/mol. The van der Waals surface area contributed by atoms with Crippen LogP contribution in [0.2, 0.25) is 0 Å². The summed E-state index contributed by atoms with van der Waals surface area (Å²) in [4.78, 5) is 0. The molecule has 5 heteroatoms. The Hall–Kier alpha value is -0.680. The summed E-state index contributed by atoms with van der Waals surface area (Å²) in [6, 6.07) is 5.00. The van der Waals surface area contributed by atoms with Gasteiger partial charge in [0.05, 0.1) is 5.56 Å². The second-order valence-corrected chi connectivity index (χ2v) is 6.30. The van der Waals surface area contributed by atoms with Gasteiger partial charge in [-0.2, -0.15) is 24.9 Å². The summed E-state index contributed by atoms with van der Waals surface area (Å²) in [5, 5.41) is 0.681. The lowest BCUT2D eigenvalue weighted by molar-refractivity contribution is -0.137. The summed E-state index contributed by atoms with van der Waals surface area (Å²) in [6.45, 7) is 0. The van der Waals surface area contributed by atoms with Crippen molar-refractivity contribution in [1.29, 1.82) is 0 Å². The molecule has 0 amide bonds. The van der Waals surface area contributed by atoms with Crippen molar-refractivity contribution in [2.24, 2.45) is 5.73 Å². The van der Waals surface area contributed by atoms with Gasteiger partial charge in [-0.15, -0.1) is 0 Å². The van der Waals surface area contributed by atoms with Gasteiger partial charge in [0, 0.05) is 17.0 Å². The van der Waals surface area contributed by atoms with Gasteiger partial charge in [0.1, 0.15) is 0 Å². The van der Waals surface area contributed by atoms with E-state index in [1.165, 1.54) is 37.8 Å². The molecule has 106 valence electrons. The molecule has 1 aliphatic rings. The molecule has 0 saturated heterocycles. The standard InChI is InChI=1S/C14H18F3NS/c15-14(16,17)11-7-5-10(6-8-11)13(18)9-19-12-3-1-2-4-12/h5-8,12-13H,1-4,9,18H2. The Labute approximate surface area is 115 Å². The number of halogens is 3. The molecular weight excluding hydrogens is 271 g/mol. The third kappa shape index (κ3) is 4.14. The van der Waals surface area contributed by atoms with Gasteiger partial charge in [-0.1, -0.05) is 25.0 Å². The molecule has 0 bridgehead atoms. The average molecular weight is 289 g/mol. The van der Waals surface area contributed by atoms with E-state index in [9.17, 15) is 13.2 Å². The zero-order valence-electron chi connectivity index (χ0n) is 10.6. The van der Waals surface area contributed by atoms with Gasteiger partial charge in [0.25, 0.3) is 0 Å². The molecule has 0 radical (unpaired) electrons. The van der Waals surface area contributed by atoms with Crippen molar-refractivity contribution in [3.63, 3.8) is 0 Å². The SMILES string of the molecule is NC(CSC1CCCC1)c1ccc(C(F)(F)F)cc1. The minimum Gasteiger partial charge on any atom is -0.323 e. The third-order valence-corrected chi connectivity index (χ3v) is 4.97. The van der Waals surface area contributed by atoms with Crippen LogP contribution >= 0.6 is 11.8 Å². The summed E-state index contributed by atoms with van der Waals surface area (Å²) in [5.74, 6) is 0.774. The molecule has 1 atom stereocenters. The van der Waals surface area contributed by atoms with E-state index in [1.807, 2.05) is 11.8 Å². The zero-order valence-corrected chi connectivity index (χ0v) is 11.4. The van der Waals surface area contributed by atoms with Gasteiger partial charge in [-0.3, -0.25) is 0 Å². The van der Waals surface area contributed by atoms with Crippen molar-refractivity contribution in [1.82, 2.24) is 0 Å². The van der Waals surface area contributed by atoms with Crippen LogP contribution in [0.3, 0.4) is 0 Å². The van der Waals surface area contributed by atoms with Crippen LogP contribution < -0.4 is 5.73 Å². The van der Waals surface area contributed by atoms with Crippen LogP contribution in [0, 0.1) is 0 Å². The van der Waals surface area contributed by atoms with Crippen molar-refractivity contribution in [3.05, 3.63) is 35.4 Å². The second-order valence-electron chi connectivity index (χ2n) is 4.97. The van der Waals surface area contributed by atoms with E-state index < -0.39 is 11.7 Å². The lowest BCUT2D eigenvalue weighted by Crippen LogP contribution is -2.15. The van der Waals surface area contributed by atoms with Gasteiger partial charge in [-0.25, -0.2) is 0 Å². The Kier molecular flexibility index (Phi) is 4.79. The molecule has 0 heterocycles. The van der Waals surface area contributed by atoms with E-state index >= 15 is 0 Å². The van der Waals surface area contributed by atoms with Crippen LogP contribution in [-0.4, -0.2) is 11.0 Å². The van der Waals surface area contributed by atoms with Crippen molar-refractivity contribution in [2.75, 3.05) is 5.75 Å². The largest absolute Gasteiger partial charge is 0.416 e. The van der Waals surface area contributed by atoms with Gasteiger partial charge >= 0.3 is 6.18 Å². The average Bonchev–Trinajstić information content (AvgIpc) is 2.88. The highest BCUT2D eigenvalue weighted by molar-refractivity contribution is 7.99. The van der Waals surface area contributed by atoms with Crippen molar-refractivity contribution >= 4 is 11.8 Å². The first kappa shape index (κ1) is 14.7. The Morgan fingerprint density at radius 3 is 2.26 bits per heavy atom. The highest BCUT2D eigenvalue weighted by Gasteiger charge is 2.30. The summed E-state index contributed by atoms with van der Waals surface area (Å²) >= 11 is 1.85. The normalized spacial score (nSPS) is 18.7. The van der Waals surface area contributed by atoms with Crippen LogP contribution in [0.4, 0.5) is 13.2 Å². The monoisotopic (exact) mass is 289 g/mol. The number of benzene rings is 1. The minimum absolute atomic E-state index is 0.187. The topological polar surface area (TPSA) is 26.0 Å². The van der Waals surface area contributed by atoms with Gasteiger partial charge < -0.3 is 5.73 Å². The van der Waals surface area contributed by atoms with Gasteiger partial charge in [0.15, 0.2) is 0 Å². The molecule has 1 aromatic carbocycles. The molecule has 1 aromatic rings. The molecule has 0 aliphatic heterocycles. The Bertz CT molecular complexity index is 396. The molecule has 1 saturated carbocycles. The molecule has 0 spiro atoms. The van der Waals surface area contributed by atoms with Crippen molar-refractivity contribution < 1.29 is 13.2 Å². The van der Waals surface area contributed by atoms with Crippen LogP contribution in [0.15, 0.2) is 24.3 Å². The highest BCUT2D eigenvalue weighted by Crippen LogP contribution is 2.33. The summed E-state index contributed by atoms with van der Waals surface area (Å²) in [6.07, 6.45) is 0.774. The summed E-state index contributed by atoms with van der Waals surface area (Å²) in [5.41, 5.74) is 6.19. The van der Waals surface area contributed by atoms with E-state index in [0.29, 0.717) is 5.25 Å². The molecule has 1 fully saturated rings. The molecule has 19 heavy (non-hydrogen) atoms. The fourth-order valence-electron chi connectivity index (χ4n) is 2.31. The Morgan fingerprint density at radius 1 is 1.16 bits per heavy atom. The number of hydrogen-bond donors (Lipinski definition) is 1. The lowest BCUT2D eigenvalue weighted by Gasteiger charge is -2.15. The van der Waals surface area contributed by atoms with E-state index in [-0.39, 0.29) is 6.04 Å². The fraction of sp³-hybridized carbons (Fsp3) is 0.571. The van der Waals surface area contributed by atoms with E-state index in [1.54, 1.807) is 0 Å². The minimum atomic E-state index is -4.28. The number of thioether (sulfide) groups is 1. The first-order valence-corrected chi connectivity index (χ1v) is 7.56. The quantitative estimate of drug-likeness (QED) is 0.890. The number of hydrogen-bond acceptors (Lipinski definition) is 2. The van der Waals surface area contributed by atoms with Gasteiger partial charge in [0.2, 0.25) is 0 Å². The highest BCUT2D eigenvalue weighted by atomic mass is 32.2. The summed E-state index contributed by atoms with van der Waals surface area (Å²) < 4.78 is 37.3. The molecular formula is C14H18F3NS. The first-order chi connectivity index (χ1) is 8.97. The van der Waals surface area contributed by atoms with Crippen LogP contribution in [-0.2, 0) is 6.18 Å². The smallest absolute Gasteiger partial charge is 0.323 e. The molecule has 2 N–H and O–H groups in total. The van der Waals surface area contributed by atoms with Gasteiger partial charge in [-0.05, 0) is 30.5 Å². The Balaban J connectivity index is 1.89. The zero-order chi connectivity index (χ0) is 13.9. The van der Waals surface area contributed by atoms with Crippen molar-refractivity contribution in [2.45, 2.75) is 43.2 Å².